The summed E-state index contributed by atoms with van der Waals surface area (Å²) >= 11 is 0. The summed E-state index contributed by atoms with van der Waals surface area (Å²) < 4.78 is 0. The average molecular weight is 527 g/mol. The van der Waals surface area contributed by atoms with Crippen molar-refractivity contribution >= 4 is 29.2 Å². The third kappa shape index (κ3) is 6.41. The van der Waals surface area contributed by atoms with Crippen molar-refractivity contribution in [1.82, 2.24) is 0 Å². The van der Waals surface area contributed by atoms with Crippen LogP contribution in [0.1, 0.15) is 22.3 Å². The van der Waals surface area contributed by atoms with E-state index in [-0.39, 0.29) is 0 Å². The van der Waals surface area contributed by atoms with Gasteiger partial charge in [-0.3, -0.25) is 0 Å². The van der Waals surface area contributed by atoms with Gasteiger partial charge in [0.05, 0.1) is 17.6 Å². The Hall–Kier alpha value is -5.47. The van der Waals surface area contributed by atoms with Crippen molar-refractivity contribution in [3.63, 3.8) is 0 Å². The van der Waals surface area contributed by atoms with Gasteiger partial charge in [-0.25, -0.2) is 5.01 Å². The van der Waals surface area contributed by atoms with Gasteiger partial charge in [-0.15, -0.1) is 0 Å². The molecule has 0 radical (unpaired) electrons. The van der Waals surface area contributed by atoms with Gasteiger partial charge in [0.25, 0.3) is 0 Å². The summed E-state index contributed by atoms with van der Waals surface area (Å²) in [7, 11) is 0. The van der Waals surface area contributed by atoms with Crippen LogP contribution in [0.15, 0.2) is 175 Å². The SMILES string of the molecule is C(=C(c1ccccc1)c1ccccc1)c1ccc(-c2ccc(/C=N/N(c3ccccc3)c3ccccc3)cc2)cc1. The summed E-state index contributed by atoms with van der Waals surface area (Å²) in [5.74, 6) is 0. The van der Waals surface area contributed by atoms with Crippen molar-refractivity contribution in [2.24, 2.45) is 5.10 Å². The molecule has 41 heavy (non-hydrogen) atoms. The molecule has 0 amide bonds. The molecule has 0 fully saturated rings. The summed E-state index contributed by atoms with van der Waals surface area (Å²) in [6.45, 7) is 0. The van der Waals surface area contributed by atoms with Crippen LogP contribution in [-0.4, -0.2) is 6.21 Å². The second kappa shape index (κ2) is 12.6. The van der Waals surface area contributed by atoms with Gasteiger partial charge in [0.1, 0.15) is 0 Å². The Morgan fingerprint density at radius 3 is 1.24 bits per heavy atom. The minimum Gasteiger partial charge on any atom is -0.234 e. The zero-order chi connectivity index (χ0) is 27.7. The molecule has 0 aromatic heterocycles. The lowest BCUT2D eigenvalue weighted by molar-refractivity contribution is 1.09. The highest BCUT2D eigenvalue weighted by molar-refractivity contribution is 5.91. The van der Waals surface area contributed by atoms with E-state index in [2.05, 4.69) is 140 Å². The van der Waals surface area contributed by atoms with Gasteiger partial charge in [-0.2, -0.15) is 5.10 Å². The van der Waals surface area contributed by atoms with Crippen LogP contribution in [0.5, 0.6) is 0 Å². The first kappa shape index (κ1) is 25.8. The molecule has 0 aliphatic carbocycles. The summed E-state index contributed by atoms with van der Waals surface area (Å²) in [5.41, 5.74) is 10.2. The van der Waals surface area contributed by atoms with Crippen LogP contribution in [0.25, 0.3) is 22.8 Å². The predicted molar refractivity (Wildman–Crippen MR) is 174 cm³/mol. The van der Waals surface area contributed by atoms with Crippen LogP contribution >= 0.6 is 0 Å². The summed E-state index contributed by atoms with van der Waals surface area (Å²) in [6, 6.07) is 58.8. The Morgan fingerprint density at radius 1 is 0.415 bits per heavy atom. The first-order valence-corrected chi connectivity index (χ1v) is 13.8. The number of benzene rings is 6. The Morgan fingerprint density at radius 2 is 0.805 bits per heavy atom. The van der Waals surface area contributed by atoms with Crippen LogP contribution in [0.4, 0.5) is 11.4 Å². The second-order valence-electron chi connectivity index (χ2n) is 9.76. The van der Waals surface area contributed by atoms with Crippen molar-refractivity contribution in [1.29, 1.82) is 0 Å². The minimum absolute atomic E-state index is 1.02. The number of hydrogen-bond acceptors (Lipinski definition) is 2. The number of para-hydroxylation sites is 2. The van der Waals surface area contributed by atoms with E-state index in [4.69, 9.17) is 5.10 Å². The van der Waals surface area contributed by atoms with E-state index in [0.717, 1.165) is 16.9 Å². The largest absolute Gasteiger partial charge is 0.234 e. The molecule has 196 valence electrons. The third-order valence-corrected chi connectivity index (χ3v) is 6.96. The summed E-state index contributed by atoms with van der Waals surface area (Å²) in [4.78, 5) is 0. The lowest BCUT2D eigenvalue weighted by Crippen LogP contribution is -2.09. The third-order valence-electron chi connectivity index (χ3n) is 6.96. The molecule has 0 N–H and O–H groups in total. The monoisotopic (exact) mass is 526 g/mol. The number of nitrogens with zero attached hydrogens (tertiary/aromatic N) is 2. The van der Waals surface area contributed by atoms with Crippen LogP contribution in [0, 0.1) is 0 Å². The first-order valence-electron chi connectivity index (χ1n) is 13.8. The fourth-order valence-corrected chi connectivity index (χ4v) is 4.81. The molecule has 0 aliphatic rings. The first-order chi connectivity index (χ1) is 20.3. The zero-order valence-corrected chi connectivity index (χ0v) is 22.7. The van der Waals surface area contributed by atoms with Gasteiger partial charge in [0.15, 0.2) is 0 Å². The van der Waals surface area contributed by atoms with Crippen molar-refractivity contribution in [3.8, 4) is 11.1 Å². The topological polar surface area (TPSA) is 15.6 Å². The molecule has 6 aromatic rings. The van der Waals surface area contributed by atoms with Gasteiger partial charge in [-0.05, 0) is 69.3 Å². The Labute approximate surface area is 242 Å². The van der Waals surface area contributed by atoms with Gasteiger partial charge in [-0.1, -0.05) is 146 Å². The van der Waals surface area contributed by atoms with E-state index in [1.807, 2.05) is 47.6 Å². The Kier molecular flexibility index (Phi) is 7.92. The summed E-state index contributed by atoms with van der Waals surface area (Å²) in [6.07, 6.45) is 4.17. The Balaban J connectivity index is 1.22. The molecule has 0 saturated heterocycles. The van der Waals surface area contributed by atoms with Gasteiger partial charge < -0.3 is 0 Å². The Bertz CT molecular complexity index is 1640. The molecule has 2 nitrogen and oxygen atoms in total. The maximum Gasteiger partial charge on any atom is 0.0652 e. The number of hydrazone groups is 1. The minimum atomic E-state index is 1.02. The predicted octanol–water partition coefficient (Wildman–Crippen LogP) is 10.1. The van der Waals surface area contributed by atoms with Crippen molar-refractivity contribution in [3.05, 3.63) is 192 Å². The molecule has 2 heteroatoms. The molecule has 6 aromatic carbocycles. The number of rotatable bonds is 8. The molecule has 0 bridgehead atoms. The maximum absolute atomic E-state index is 4.83. The molecule has 0 atom stereocenters. The van der Waals surface area contributed by atoms with E-state index in [0.29, 0.717) is 0 Å². The standard InChI is InChI=1S/C39H30N2/c1-5-13-35(14-6-1)39(36-15-7-2-8-16-36)29-31-21-25-33(26-22-31)34-27-23-32(24-28-34)30-40-41(37-17-9-3-10-18-37)38-19-11-4-12-20-38/h1-30H/b40-30+. The van der Waals surface area contributed by atoms with E-state index in [1.165, 1.54) is 33.4 Å². The van der Waals surface area contributed by atoms with Crippen molar-refractivity contribution < 1.29 is 0 Å². The second-order valence-corrected chi connectivity index (χ2v) is 9.76. The molecule has 0 unspecified atom stereocenters. The fourth-order valence-electron chi connectivity index (χ4n) is 4.81. The highest BCUT2D eigenvalue weighted by Gasteiger charge is 2.07. The lowest BCUT2D eigenvalue weighted by atomic mass is 9.95. The normalized spacial score (nSPS) is 10.8. The van der Waals surface area contributed by atoms with Crippen LogP contribution in [-0.2, 0) is 0 Å². The molecular weight excluding hydrogens is 496 g/mol. The highest BCUT2D eigenvalue weighted by Crippen LogP contribution is 2.28. The maximum atomic E-state index is 4.83. The average Bonchev–Trinajstić information content (AvgIpc) is 3.06. The van der Waals surface area contributed by atoms with E-state index in [1.54, 1.807) is 0 Å². The quantitative estimate of drug-likeness (QED) is 0.109. The van der Waals surface area contributed by atoms with Crippen molar-refractivity contribution in [2.45, 2.75) is 0 Å². The molecule has 6 rings (SSSR count). The lowest BCUT2D eigenvalue weighted by Gasteiger charge is -2.19. The van der Waals surface area contributed by atoms with Crippen molar-refractivity contribution in [2.75, 3.05) is 5.01 Å². The van der Waals surface area contributed by atoms with Gasteiger partial charge in [0, 0.05) is 0 Å². The zero-order valence-electron chi connectivity index (χ0n) is 22.7. The smallest absolute Gasteiger partial charge is 0.0652 e. The highest BCUT2D eigenvalue weighted by atomic mass is 15.5. The summed E-state index contributed by atoms with van der Waals surface area (Å²) in [5, 5.41) is 6.79. The number of hydrogen-bond donors (Lipinski definition) is 0. The van der Waals surface area contributed by atoms with E-state index < -0.39 is 0 Å². The fraction of sp³-hybridized carbons (Fsp3) is 0. The molecular formula is C39H30N2. The van der Waals surface area contributed by atoms with Crippen LogP contribution in [0.3, 0.4) is 0 Å². The van der Waals surface area contributed by atoms with Gasteiger partial charge >= 0.3 is 0 Å². The van der Waals surface area contributed by atoms with Gasteiger partial charge in [0.2, 0.25) is 0 Å². The molecule has 0 aliphatic heterocycles. The van der Waals surface area contributed by atoms with Crippen LogP contribution < -0.4 is 5.01 Å². The van der Waals surface area contributed by atoms with Crippen LogP contribution in [0.2, 0.25) is 0 Å². The van der Waals surface area contributed by atoms with E-state index >= 15 is 0 Å². The molecule has 0 spiro atoms. The number of anilines is 2. The molecule has 0 saturated carbocycles. The molecule has 0 heterocycles. The van der Waals surface area contributed by atoms with E-state index in [9.17, 15) is 0 Å².